The molecule has 3 aromatic rings. The Morgan fingerprint density at radius 3 is 2.47 bits per heavy atom. The van der Waals surface area contributed by atoms with Crippen LogP contribution in [0.5, 0.6) is 5.75 Å². The van der Waals surface area contributed by atoms with E-state index in [0.717, 1.165) is 22.1 Å². The molecule has 0 radical (unpaired) electrons. The smallest absolute Gasteiger partial charge is 0.116 e. The Bertz CT molecular complexity index is 722. The average molecular weight is 270 g/mol. The van der Waals surface area contributed by atoms with E-state index in [4.69, 9.17) is 11.6 Å². The van der Waals surface area contributed by atoms with Crippen molar-refractivity contribution in [1.29, 1.82) is 0 Å². The van der Waals surface area contributed by atoms with Gasteiger partial charge in [0.15, 0.2) is 0 Å². The van der Waals surface area contributed by atoms with Gasteiger partial charge in [-0.3, -0.25) is 0 Å². The van der Waals surface area contributed by atoms with Crippen molar-refractivity contribution < 1.29 is 5.11 Å². The van der Waals surface area contributed by atoms with Crippen molar-refractivity contribution in [3.63, 3.8) is 0 Å². The van der Waals surface area contributed by atoms with Gasteiger partial charge in [-0.1, -0.05) is 29.8 Å². The lowest BCUT2D eigenvalue weighted by atomic mass is 10.1. The van der Waals surface area contributed by atoms with E-state index in [1.165, 1.54) is 0 Å². The Hall–Kier alpha value is -2.19. The fraction of sp³-hybridized carbons (Fsp3) is 0. The molecule has 0 atom stereocenters. The highest BCUT2D eigenvalue weighted by Gasteiger charge is 2.02. The van der Waals surface area contributed by atoms with Gasteiger partial charge in [-0.25, -0.2) is 0 Å². The number of hydrogen-bond donors (Lipinski definition) is 2. The van der Waals surface area contributed by atoms with Crippen LogP contribution in [0.3, 0.4) is 0 Å². The third-order valence-corrected chi connectivity index (χ3v) is 3.24. The first-order chi connectivity index (χ1) is 9.22. The van der Waals surface area contributed by atoms with Gasteiger partial charge < -0.3 is 10.4 Å². The van der Waals surface area contributed by atoms with Crippen LogP contribution in [-0.4, -0.2) is 5.11 Å². The minimum atomic E-state index is 0.262. The van der Waals surface area contributed by atoms with Crippen molar-refractivity contribution in [3.8, 4) is 5.75 Å². The van der Waals surface area contributed by atoms with Crippen LogP contribution in [0.4, 0.5) is 11.4 Å². The van der Waals surface area contributed by atoms with Crippen LogP contribution in [0.2, 0.25) is 5.02 Å². The molecular formula is C16H12ClNO. The summed E-state index contributed by atoms with van der Waals surface area (Å²) in [5.41, 5.74) is 1.91. The second-order valence-electron chi connectivity index (χ2n) is 4.34. The number of fused-ring (bicyclic) bond motifs is 1. The van der Waals surface area contributed by atoms with E-state index in [2.05, 4.69) is 5.32 Å². The first kappa shape index (κ1) is 11.9. The molecule has 3 aromatic carbocycles. The van der Waals surface area contributed by atoms with Crippen LogP contribution >= 0.6 is 11.6 Å². The van der Waals surface area contributed by atoms with Crippen molar-refractivity contribution in [2.24, 2.45) is 0 Å². The summed E-state index contributed by atoms with van der Waals surface area (Å²) >= 11 is 5.87. The van der Waals surface area contributed by atoms with E-state index in [1.54, 1.807) is 12.1 Å². The lowest BCUT2D eigenvalue weighted by Gasteiger charge is -2.10. The number of nitrogens with one attached hydrogen (secondary N) is 1. The molecule has 3 heteroatoms. The summed E-state index contributed by atoms with van der Waals surface area (Å²) in [5, 5.41) is 15.7. The second kappa shape index (κ2) is 4.82. The molecule has 0 saturated carbocycles. The summed E-state index contributed by atoms with van der Waals surface area (Å²) < 4.78 is 0. The van der Waals surface area contributed by atoms with Crippen LogP contribution in [-0.2, 0) is 0 Å². The number of hydrogen-bond acceptors (Lipinski definition) is 2. The average Bonchev–Trinajstić information content (AvgIpc) is 2.42. The summed E-state index contributed by atoms with van der Waals surface area (Å²) in [4.78, 5) is 0. The van der Waals surface area contributed by atoms with Crippen molar-refractivity contribution in [2.75, 3.05) is 5.32 Å². The number of aromatic hydroxyl groups is 1. The molecule has 2 N–H and O–H groups in total. The van der Waals surface area contributed by atoms with E-state index in [0.29, 0.717) is 5.02 Å². The molecule has 19 heavy (non-hydrogen) atoms. The Morgan fingerprint density at radius 1 is 0.895 bits per heavy atom. The number of anilines is 2. The maximum Gasteiger partial charge on any atom is 0.116 e. The minimum absolute atomic E-state index is 0.262. The Kier molecular flexibility index (Phi) is 3.02. The van der Waals surface area contributed by atoms with Gasteiger partial charge in [0.2, 0.25) is 0 Å². The largest absolute Gasteiger partial charge is 0.508 e. The molecule has 0 fully saturated rings. The molecule has 0 spiro atoms. The fourth-order valence-electron chi connectivity index (χ4n) is 2.06. The normalized spacial score (nSPS) is 10.6. The highest BCUT2D eigenvalue weighted by atomic mass is 35.5. The first-order valence-corrected chi connectivity index (χ1v) is 6.34. The Labute approximate surface area is 116 Å². The molecule has 0 heterocycles. The number of halogens is 1. The highest BCUT2D eigenvalue weighted by Crippen LogP contribution is 2.29. The lowest BCUT2D eigenvalue weighted by molar-refractivity contribution is 0.476. The summed E-state index contributed by atoms with van der Waals surface area (Å²) in [7, 11) is 0. The highest BCUT2D eigenvalue weighted by molar-refractivity contribution is 6.30. The van der Waals surface area contributed by atoms with Crippen LogP contribution in [0.1, 0.15) is 0 Å². The van der Waals surface area contributed by atoms with Crippen LogP contribution in [0.15, 0.2) is 60.7 Å². The summed E-state index contributed by atoms with van der Waals surface area (Å²) in [6.07, 6.45) is 0. The fourth-order valence-corrected chi connectivity index (χ4v) is 2.18. The zero-order valence-electron chi connectivity index (χ0n) is 10.1. The van der Waals surface area contributed by atoms with Crippen LogP contribution in [0.25, 0.3) is 10.8 Å². The minimum Gasteiger partial charge on any atom is -0.508 e. The molecule has 0 bridgehead atoms. The predicted octanol–water partition coefficient (Wildman–Crippen LogP) is 4.94. The molecule has 0 aromatic heterocycles. The summed E-state index contributed by atoms with van der Waals surface area (Å²) in [6.45, 7) is 0. The van der Waals surface area contributed by atoms with Crippen molar-refractivity contribution in [3.05, 3.63) is 65.7 Å². The molecule has 0 unspecified atom stereocenters. The third kappa shape index (κ3) is 2.49. The van der Waals surface area contributed by atoms with Crippen LogP contribution in [0, 0.1) is 0 Å². The zero-order chi connectivity index (χ0) is 13.2. The maximum atomic E-state index is 9.61. The van der Waals surface area contributed by atoms with Gasteiger partial charge in [0.05, 0.1) is 0 Å². The number of rotatable bonds is 2. The molecule has 0 aliphatic heterocycles. The van der Waals surface area contributed by atoms with Gasteiger partial charge >= 0.3 is 0 Å². The second-order valence-corrected chi connectivity index (χ2v) is 4.78. The van der Waals surface area contributed by atoms with Gasteiger partial charge in [-0.15, -0.1) is 0 Å². The van der Waals surface area contributed by atoms with E-state index in [1.807, 2.05) is 48.5 Å². The van der Waals surface area contributed by atoms with E-state index < -0.39 is 0 Å². The van der Waals surface area contributed by atoms with E-state index in [9.17, 15) is 5.11 Å². The summed E-state index contributed by atoms with van der Waals surface area (Å²) in [6, 6.07) is 18.8. The Morgan fingerprint density at radius 2 is 1.68 bits per heavy atom. The molecule has 0 aliphatic carbocycles. The quantitative estimate of drug-likeness (QED) is 0.690. The number of benzene rings is 3. The molecular weight excluding hydrogens is 258 g/mol. The molecule has 2 nitrogen and oxygen atoms in total. The van der Waals surface area contributed by atoms with Gasteiger partial charge in [0, 0.05) is 21.8 Å². The zero-order valence-corrected chi connectivity index (χ0v) is 10.9. The molecule has 0 amide bonds. The van der Waals surface area contributed by atoms with Gasteiger partial charge in [-0.2, -0.15) is 0 Å². The van der Waals surface area contributed by atoms with Crippen molar-refractivity contribution >= 4 is 33.7 Å². The van der Waals surface area contributed by atoms with Crippen molar-refractivity contribution in [2.45, 2.75) is 0 Å². The monoisotopic (exact) mass is 269 g/mol. The van der Waals surface area contributed by atoms with Gasteiger partial charge in [0.25, 0.3) is 0 Å². The number of phenolic OH excluding ortho intramolecular Hbond substituents is 1. The summed E-state index contributed by atoms with van der Waals surface area (Å²) in [5.74, 6) is 0.262. The van der Waals surface area contributed by atoms with Gasteiger partial charge in [0.1, 0.15) is 5.75 Å². The third-order valence-electron chi connectivity index (χ3n) is 2.99. The molecule has 3 rings (SSSR count). The standard InChI is InChI=1S/C16H12ClNO/c17-12-5-7-13(8-6-12)18-16-3-1-2-11-4-9-14(19)10-15(11)16/h1-10,18-19H. The molecule has 94 valence electrons. The van der Waals surface area contributed by atoms with Crippen molar-refractivity contribution in [1.82, 2.24) is 0 Å². The molecule has 0 saturated heterocycles. The van der Waals surface area contributed by atoms with E-state index in [-0.39, 0.29) is 5.75 Å². The lowest BCUT2D eigenvalue weighted by Crippen LogP contribution is -1.91. The van der Waals surface area contributed by atoms with E-state index >= 15 is 0 Å². The topological polar surface area (TPSA) is 32.3 Å². The van der Waals surface area contributed by atoms with Gasteiger partial charge in [-0.05, 0) is 47.9 Å². The SMILES string of the molecule is Oc1ccc2cccc(Nc3ccc(Cl)cc3)c2c1. The molecule has 0 aliphatic rings. The van der Waals surface area contributed by atoms with Crippen LogP contribution < -0.4 is 5.32 Å². The number of phenols is 1. The predicted molar refractivity (Wildman–Crippen MR) is 80.3 cm³/mol. The Balaban J connectivity index is 2.05. The maximum absolute atomic E-state index is 9.61. The first-order valence-electron chi connectivity index (χ1n) is 5.97.